The van der Waals surface area contributed by atoms with E-state index in [2.05, 4.69) is 5.32 Å². The molecule has 0 amide bonds. The van der Waals surface area contributed by atoms with Gasteiger partial charge in [-0.25, -0.2) is 4.79 Å². The van der Waals surface area contributed by atoms with Gasteiger partial charge in [-0.05, 0) is 12.3 Å². The van der Waals surface area contributed by atoms with Crippen molar-refractivity contribution in [3.8, 4) is 0 Å². The molecule has 4 nitrogen and oxygen atoms in total. The smallest absolute Gasteiger partial charge is 0.334 e. The second-order valence-electron chi connectivity index (χ2n) is 5.45. The zero-order valence-corrected chi connectivity index (χ0v) is 13.5. The predicted octanol–water partition coefficient (Wildman–Crippen LogP) is 1.77. The number of carbonyl (C=O) groups is 1. The second kappa shape index (κ2) is 9.59. The summed E-state index contributed by atoms with van der Waals surface area (Å²) in [5.41, 5.74) is 0. The average molecular weight is 401 g/mol. The van der Waals surface area contributed by atoms with Crippen molar-refractivity contribution >= 4 is 5.97 Å². The molecule has 0 spiro atoms. The Kier molecular flexibility index (Phi) is 9.97. The van der Waals surface area contributed by atoms with Crippen LogP contribution < -0.4 is 5.32 Å². The molecule has 1 saturated carbocycles. The number of aliphatic carboxylic acids is 1. The number of aliphatic hydroxyl groups is 1. The molecule has 0 heterocycles. The summed E-state index contributed by atoms with van der Waals surface area (Å²) < 4.78 is 0. The molecule has 2 atom stereocenters. The largest absolute Gasteiger partial charge is 0.479 e. The fourth-order valence-corrected chi connectivity index (χ4v) is 2.67. The molecular formula is C13H25GdNO3. The number of nitrogens with one attached hydrogen (secondary N) is 1. The molecule has 1 fully saturated rings. The van der Waals surface area contributed by atoms with Gasteiger partial charge in [0.1, 0.15) is 0 Å². The van der Waals surface area contributed by atoms with Gasteiger partial charge in [0, 0.05) is 52.0 Å². The molecule has 108 valence electrons. The fourth-order valence-electron chi connectivity index (χ4n) is 2.67. The van der Waals surface area contributed by atoms with Crippen LogP contribution >= 0.6 is 0 Å². The van der Waals surface area contributed by atoms with Gasteiger partial charge in [-0.3, -0.25) is 0 Å². The minimum atomic E-state index is -1.29. The van der Waals surface area contributed by atoms with E-state index in [4.69, 9.17) is 5.11 Å². The molecule has 1 rings (SSSR count). The molecular weight excluding hydrogens is 375 g/mol. The number of rotatable bonds is 6. The molecule has 0 unspecified atom stereocenters. The molecule has 5 heteroatoms. The first-order valence-electron chi connectivity index (χ1n) is 6.67. The van der Waals surface area contributed by atoms with Gasteiger partial charge in [0.15, 0.2) is 6.10 Å². The molecule has 1 aliphatic carbocycles. The van der Waals surface area contributed by atoms with Crippen LogP contribution in [0.2, 0.25) is 0 Å². The maximum Gasteiger partial charge on any atom is 0.334 e. The zero-order chi connectivity index (χ0) is 12.8. The van der Waals surface area contributed by atoms with E-state index in [0.29, 0.717) is 5.92 Å². The summed E-state index contributed by atoms with van der Waals surface area (Å²) in [5, 5.41) is 21.8. The first-order valence-corrected chi connectivity index (χ1v) is 6.67. The van der Waals surface area contributed by atoms with Crippen molar-refractivity contribution in [2.45, 2.75) is 70.6 Å². The van der Waals surface area contributed by atoms with Gasteiger partial charge in [-0.1, -0.05) is 46.0 Å². The van der Waals surface area contributed by atoms with E-state index >= 15 is 0 Å². The molecule has 0 saturated heterocycles. The maximum absolute atomic E-state index is 10.9. The van der Waals surface area contributed by atoms with Gasteiger partial charge in [-0.15, -0.1) is 0 Å². The molecule has 0 bridgehead atoms. The first kappa shape index (κ1) is 18.7. The summed E-state index contributed by atoms with van der Waals surface area (Å²) in [6, 6.07) is -0.131. The van der Waals surface area contributed by atoms with Crippen LogP contribution in [-0.2, 0) is 4.79 Å². The van der Waals surface area contributed by atoms with Crippen molar-refractivity contribution < 1.29 is 54.9 Å². The fraction of sp³-hybridized carbons (Fsp3) is 0.923. The Morgan fingerprint density at radius 3 is 2.28 bits per heavy atom. The molecule has 1 aliphatic rings. The van der Waals surface area contributed by atoms with E-state index in [9.17, 15) is 9.90 Å². The summed E-state index contributed by atoms with van der Waals surface area (Å²) >= 11 is 0. The molecule has 0 aromatic carbocycles. The summed E-state index contributed by atoms with van der Waals surface area (Å²) in [7, 11) is 0. The SMILES string of the molecule is CC(C)N[C@@H](CC1CCCCC1)[C@@H](O)C(=O)O.[Gd]. The standard InChI is InChI=1S/C13H25NO3.Gd/c1-9(2)14-11(12(15)13(16)17)8-10-6-4-3-5-7-10;/h9-12,14-15H,3-8H2,1-2H3,(H,16,17);/t11-,12+;/m0./s1. The molecule has 18 heavy (non-hydrogen) atoms. The first-order chi connectivity index (χ1) is 8.00. The van der Waals surface area contributed by atoms with Crippen LogP contribution in [-0.4, -0.2) is 34.4 Å². The zero-order valence-electron chi connectivity index (χ0n) is 11.2. The van der Waals surface area contributed by atoms with E-state index in [-0.39, 0.29) is 52.0 Å². The minimum Gasteiger partial charge on any atom is -0.479 e. The Morgan fingerprint density at radius 1 is 1.28 bits per heavy atom. The number of aliphatic hydroxyl groups excluding tert-OH is 1. The molecule has 3 N–H and O–H groups in total. The topological polar surface area (TPSA) is 69.6 Å². The van der Waals surface area contributed by atoms with Gasteiger partial charge in [0.2, 0.25) is 0 Å². The van der Waals surface area contributed by atoms with Gasteiger partial charge in [0.05, 0.1) is 0 Å². The summed E-state index contributed by atoms with van der Waals surface area (Å²) in [4.78, 5) is 10.9. The van der Waals surface area contributed by atoms with Crippen molar-refractivity contribution in [1.82, 2.24) is 5.32 Å². The summed E-state index contributed by atoms with van der Waals surface area (Å²) in [5.74, 6) is -0.562. The molecule has 0 radical (unpaired) electrons. The quantitative estimate of drug-likeness (QED) is 0.636. The van der Waals surface area contributed by atoms with E-state index in [0.717, 1.165) is 6.42 Å². The number of carboxylic acid groups (broad SMARTS) is 1. The normalized spacial score (nSPS) is 20.2. The van der Waals surface area contributed by atoms with E-state index < -0.39 is 12.1 Å². The molecule has 0 aromatic heterocycles. The van der Waals surface area contributed by atoms with E-state index in [1.54, 1.807) is 0 Å². The van der Waals surface area contributed by atoms with E-state index in [1.165, 1.54) is 32.1 Å². The van der Waals surface area contributed by atoms with E-state index in [1.807, 2.05) is 13.8 Å². The summed E-state index contributed by atoms with van der Waals surface area (Å²) in [6.45, 7) is 3.95. The third-order valence-corrected chi connectivity index (χ3v) is 3.49. The number of hydrogen-bond acceptors (Lipinski definition) is 3. The third-order valence-electron chi connectivity index (χ3n) is 3.49. The monoisotopic (exact) mass is 401 g/mol. The Balaban J connectivity index is 0.00000289. The van der Waals surface area contributed by atoms with Crippen molar-refractivity contribution in [3.63, 3.8) is 0 Å². The van der Waals surface area contributed by atoms with Crippen LogP contribution in [0.5, 0.6) is 0 Å². The Hall–Kier alpha value is 0.715. The molecule has 0 aliphatic heterocycles. The predicted molar refractivity (Wildman–Crippen MR) is 66.9 cm³/mol. The summed E-state index contributed by atoms with van der Waals surface area (Å²) in [6.07, 6.45) is 5.58. The van der Waals surface area contributed by atoms with Crippen LogP contribution in [0.3, 0.4) is 0 Å². The van der Waals surface area contributed by atoms with Gasteiger partial charge in [-0.2, -0.15) is 0 Å². The minimum absolute atomic E-state index is 0. The van der Waals surface area contributed by atoms with Crippen molar-refractivity contribution in [3.05, 3.63) is 0 Å². The Morgan fingerprint density at radius 2 is 1.83 bits per heavy atom. The average Bonchev–Trinajstić information content (AvgIpc) is 2.28. The van der Waals surface area contributed by atoms with Crippen molar-refractivity contribution in [2.75, 3.05) is 0 Å². The van der Waals surface area contributed by atoms with Crippen molar-refractivity contribution in [2.24, 2.45) is 5.92 Å². The van der Waals surface area contributed by atoms with Crippen molar-refractivity contribution in [1.29, 1.82) is 0 Å². The van der Waals surface area contributed by atoms with Crippen LogP contribution in [0.15, 0.2) is 0 Å². The van der Waals surface area contributed by atoms with Crippen LogP contribution in [0.4, 0.5) is 0 Å². The van der Waals surface area contributed by atoms with Gasteiger partial charge < -0.3 is 15.5 Å². The second-order valence-corrected chi connectivity index (χ2v) is 5.45. The van der Waals surface area contributed by atoms with Gasteiger partial charge >= 0.3 is 5.97 Å². The van der Waals surface area contributed by atoms with Crippen LogP contribution in [0.1, 0.15) is 52.4 Å². The third kappa shape index (κ3) is 6.76. The Labute approximate surface area is 142 Å². The van der Waals surface area contributed by atoms with Gasteiger partial charge in [0.25, 0.3) is 0 Å². The molecule has 0 aromatic rings. The maximum atomic E-state index is 10.9. The number of carboxylic acids is 1. The Bertz CT molecular complexity index is 242. The van der Waals surface area contributed by atoms with Crippen LogP contribution in [0, 0.1) is 45.9 Å². The number of hydrogen-bond donors (Lipinski definition) is 3. The van der Waals surface area contributed by atoms with Crippen LogP contribution in [0.25, 0.3) is 0 Å².